The molecule has 3 fully saturated rings. The van der Waals surface area contributed by atoms with Crippen molar-refractivity contribution in [2.24, 2.45) is 11.3 Å². The molecule has 1 atom stereocenters. The summed E-state index contributed by atoms with van der Waals surface area (Å²) in [6.45, 7) is 10.5. The van der Waals surface area contributed by atoms with Gasteiger partial charge in [-0.2, -0.15) is 0 Å². The topological polar surface area (TPSA) is 55.9 Å². The number of carbonyl (C=O) groups excluding carboxylic acids is 2. The van der Waals surface area contributed by atoms with E-state index in [1.165, 1.54) is 4.90 Å². The Labute approximate surface area is 166 Å². The number of hydrogen-bond donors (Lipinski definition) is 1. The lowest BCUT2D eigenvalue weighted by Crippen LogP contribution is -2.62. The lowest BCUT2D eigenvalue weighted by atomic mass is 9.72. The molecule has 1 unspecified atom stereocenters. The van der Waals surface area contributed by atoms with E-state index in [-0.39, 0.29) is 37.2 Å². The first kappa shape index (κ1) is 21.4. The lowest BCUT2D eigenvalue weighted by molar-refractivity contribution is -0.149. The van der Waals surface area contributed by atoms with Crippen molar-refractivity contribution in [1.29, 1.82) is 0 Å². The quantitative estimate of drug-likeness (QED) is 0.758. The van der Waals surface area contributed by atoms with Crippen LogP contribution in [0.25, 0.3) is 0 Å². The first-order valence-corrected chi connectivity index (χ1v) is 10.5. The van der Waals surface area contributed by atoms with Crippen molar-refractivity contribution in [3.05, 3.63) is 0 Å². The molecule has 3 aliphatic rings. The van der Waals surface area contributed by atoms with Crippen molar-refractivity contribution < 1.29 is 18.4 Å². The van der Waals surface area contributed by atoms with E-state index in [2.05, 4.69) is 22.0 Å². The van der Waals surface area contributed by atoms with Gasteiger partial charge in [0, 0.05) is 25.6 Å². The summed E-state index contributed by atoms with van der Waals surface area (Å²) in [5.74, 6) is -4.03. The zero-order valence-corrected chi connectivity index (χ0v) is 17.3. The van der Waals surface area contributed by atoms with Gasteiger partial charge in [-0.3, -0.25) is 14.5 Å². The third kappa shape index (κ3) is 4.64. The van der Waals surface area contributed by atoms with Gasteiger partial charge in [-0.1, -0.05) is 20.8 Å². The van der Waals surface area contributed by atoms with Crippen LogP contribution in [0.4, 0.5) is 8.78 Å². The summed E-state index contributed by atoms with van der Waals surface area (Å²) in [4.78, 5) is 30.2. The maximum atomic E-state index is 14.5. The Hall–Kier alpha value is -1.28. The minimum absolute atomic E-state index is 0.0904. The SMILES string of the molecule is CCN1CC2(CCN(CC(=O)N3CCC(NC(=O)C(C)C)C(F)(F)C3)CC2)C1. The summed E-state index contributed by atoms with van der Waals surface area (Å²) >= 11 is 0. The van der Waals surface area contributed by atoms with Crippen LogP contribution in [-0.4, -0.2) is 90.8 Å². The van der Waals surface area contributed by atoms with Gasteiger partial charge in [-0.25, -0.2) is 8.78 Å². The van der Waals surface area contributed by atoms with Crippen LogP contribution < -0.4 is 5.32 Å². The van der Waals surface area contributed by atoms with E-state index in [1.54, 1.807) is 13.8 Å². The van der Waals surface area contributed by atoms with Gasteiger partial charge in [0.15, 0.2) is 0 Å². The van der Waals surface area contributed by atoms with Gasteiger partial charge in [0.2, 0.25) is 11.8 Å². The summed E-state index contributed by atoms with van der Waals surface area (Å²) in [7, 11) is 0. The molecular formula is C20H34F2N4O2. The van der Waals surface area contributed by atoms with Crippen LogP contribution in [0.3, 0.4) is 0 Å². The van der Waals surface area contributed by atoms with Crippen molar-refractivity contribution in [1.82, 2.24) is 20.0 Å². The van der Waals surface area contributed by atoms with E-state index < -0.39 is 18.5 Å². The Kier molecular flexibility index (Phi) is 6.29. The van der Waals surface area contributed by atoms with Crippen molar-refractivity contribution in [2.45, 2.75) is 52.0 Å². The molecule has 3 heterocycles. The fourth-order valence-corrected chi connectivity index (χ4v) is 4.59. The Balaban J connectivity index is 1.45. The largest absolute Gasteiger partial charge is 0.347 e. The number of nitrogens with zero attached hydrogens (tertiary/aromatic N) is 3. The smallest absolute Gasteiger partial charge is 0.285 e. The number of alkyl halides is 2. The second-order valence-electron chi connectivity index (χ2n) is 9.16. The van der Waals surface area contributed by atoms with Crippen LogP contribution in [0.1, 0.15) is 40.0 Å². The van der Waals surface area contributed by atoms with Gasteiger partial charge >= 0.3 is 0 Å². The molecule has 0 aromatic rings. The maximum Gasteiger partial charge on any atom is 0.285 e. The summed E-state index contributed by atoms with van der Waals surface area (Å²) in [6, 6.07) is -1.19. The summed E-state index contributed by atoms with van der Waals surface area (Å²) < 4.78 is 29.0. The number of halogens is 2. The number of nitrogens with one attached hydrogen (secondary N) is 1. The summed E-state index contributed by atoms with van der Waals surface area (Å²) in [5, 5.41) is 2.44. The van der Waals surface area contributed by atoms with Gasteiger partial charge in [-0.05, 0) is 44.3 Å². The first-order valence-electron chi connectivity index (χ1n) is 10.5. The number of rotatable bonds is 5. The Morgan fingerprint density at radius 2 is 1.71 bits per heavy atom. The van der Waals surface area contributed by atoms with Crippen molar-refractivity contribution in [3.8, 4) is 0 Å². The second kappa shape index (κ2) is 8.22. The Morgan fingerprint density at radius 3 is 2.25 bits per heavy atom. The van der Waals surface area contributed by atoms with Crippen molar-refractivity contribution in [3.63, 3.8) is 0 Å². The lowest BCUT2D eigenvalue weighted by Gasteiger charge is -2.54. The fourth-order valence-electron chi connectivity index (χ4n) is 4.59. The third-order valence-corrected chi connectivity index (χ3v) is 6.63. The molecule has 1 spiro atoms. The van der Waals surface area contributed by atoms with Crippen LogP contribution in [0, 0.1) is 11.3 Å². The molecule has 160 valence electrons. The fraction of sp³-hybridized carbons (Fsp3) is 0.900. The molecule has 6 nitrogen and oxygen atoms in total. The molecule has 8 heteroatoms. The number of amides is 2. The molecule has 0 aromatic heterocycles. The highest BCUT2D eigenvalue weighted by molar-refractivity contribution is 5.79. The highest BCUT2D eigenvalue weighted by Gasteiger charge is 2.47. The molecule has 0 saturated carbocycles. The molecule has 0 aliphatic carbocycles. The van der Waals surface area contributed by atoms with Crippen LogP contribution in [-0.2, 0) is 9.59 Å². The number of piperidine rings is 2. The van der Waals surface area contributed by atoms with Gasteiger partial charge in [0.05, 0.1) is 19.1 Å². The number of hydrogen-bond acceptors (Lipinski definition) is 4. The average Bonchev–Trinajstić information content (AvgIpc) is 2.61. The number of carbonyl (C=O) groups is 2. The van der Waals surface area contributed by atoms with E-state index in [4.69, 9.17) is 0 Å². The second-order valence-corrected chi connectivity index (χ2v) is 9.16. The molecule has 1 N–H and O–H groups in total. The highest BCUT2D eigenvalue weighted by atomic mass is 19.3. The Bertz CT molecular complexity index is 583. The zero-order chi connectivity index (χ0) is 20.5. The maximum absolute atomic E-state index is 14.5. The number of likely N-dealkylation sites (tertiary alicyclic amines) is 3. The minimum Gasteiger partial charge on any atom is -0.347 e. The van der Waals surface area contributed by atoms with E-state index in [9.17, 15) is 18.4 Å². The van der Waals surface area contributed by atoms with Crippen LogP contribution in [0.2, 0.25) is 0 Å². The molecule has 2 amide bonds. The highest BCUT2D eigenvalue weighted by Crippen LogP contribution is 2.40. The van der Waals surface area contributed by atoms with Gasteiger partial charge in [0.1, 0.15) is 0 Å². The van der Waals surface area contributed by atoms with Crippen LogP contribution in [0.15, 0.2) is 0 Å². The molecular weight excluding hydrogens is 366 g/mol. The van der Waals surface area contributed by atoms with Gasteiger partial charge in [-0.15, -0.1) is 0 Å². The molecule has 0 aromatic carbocycles. The molecule has 28 heavy (non-hydrogen) atoms. The van der Waals surface area contributed by atoms with E-state index in [1.807, 2.05) is 0 Å². The first-order chi connectivity index (χ1) is 13.1. The van der Waals surface area contributed by atoms with Gasteiger partial charge < -0.3 is 15.1 Å². The summed E-state index contributed by atoms with van der Waals surface area (Å²) in [6.07, 6.45) is 2.25. The molecule has 3 aliphatic heterocycles. The molecule has 3 rings (SSSR count). The van der Waals surface area contributed by atoms with Gasteiger partial charge in [0.25, 0.3) is 5.92 Å². The summed E-state index contributed by atoms with van der Waals surface area (Å²) in [5.41, 5.74) is 0.412. The zero-order valence-electron chi connectivity index (χ0n) is 17.3. The average molecular weight is 401 g/mol. The third-order valence-electron chi connectivity index (χ3n) is 6.63. The van der Waals surface area contributed by atoms with Crippen molar-refractivity contribution in [2.75, 3.05) is 52.4 Å². The van der Waals surface area contributed by atoms with Crippen LogP contribution >= 0.6 is 0 Å². The van der Waals surface area contributed by atoms with Crippen molar-refractivity contribution >= 4 is 11.8 Å². The standard InChI is InChI=1S/C20H34F2N4O2/c1-4-24-12-19(13-24)6-9-25(10-7-19)11-17(27)26-8-5-16(20(21,22)14-26)23-18(28)15(2)3/h15-16H,4-14H2,1-3H3,(H,23,28). The van der Waals surface area contributed by atoms with Crippen LogP contribution in [0.5, 0.6) is 0 Å². The van der Waals surface area contributed by atoms with E-state index in [0.29, 0.717) is 5.41 Å². The molecule has 3 saturated heterocycles. The monoisotopic (exact) mass is 400 g/mol. The van der Waals surface area contributed by atoms with E-state index >= 15 is 0 Å². The minimum atomic E-state index is -3.10. The normalized spacial score (nSPS) is 27.6. The predicted molar refractivity (Wildman–Crippen MR) is 103 cm³/mol. The predicted octanol–water partition coefficient (Wildman–Crippen LogP) is 1.41. The Morgan fingerprint density at radius 1 is 1.07 bits per heavy atom. The molecule has 0 bridgehead atoms. The van der Waals surface area contributed by atoms with E-state index in [0.717, 1.165) is 45.6 Å². The molecule has 0 radical (unpaired) electrons.